The van der Waals surface area contributed by atoms with Crippen LogP contribution in [0.2, 0.25) is 0 Å². The number of carboxylic acids is 1. The summed E-state index contributed by atoms with van der Waals surface area (Å²) in [4.78, 5) is 95.0. The van der Waals surface area contributed by atoms with Crippen LogP contribution in [0.1, 0.15) is 99.3 Å². The molecule has 0 unspecified atom stereocenters. The van der Waals surface area contributed by atoms with Crippen molar-refractivity contribution in [1.29, 1.82) is 0 Å². The van der Waals surface area contributed by atoms with Gasteiger partial charge in [0.15, 0.2) is 0 Å². The first kappa shape index (κ1) is 44.3. The van der Waals surface area contributed by atoms with Crippen molar-refractivity contribution in [3.05, 3.63) is 0 Å². The molecule has 2 saturated heterocycles. The lowest BCUT2D eigenvalue weighted by Gasteiger charge is -2.31. The summed E-state index contributed by atoms with van der Waals surface area (Å²) in [7, 11) is 0. The summed E-state index contributed by atoms with van der Waals surface area (Å²) in [5, 5.41) is 30.8. The lowest BCUT2D eigenvalue weighted by molar-refractivity contribution is -0.145. The van der Waals surface area contributed by atoms with Crippen LogP contribution in [-0.2, 0) is 33.6 Å². The van der Waals surface area contributed by atoms with Crippen molar-refractivity contribution < 1.29 is 43.8 Å². The van der Waals surface area contributed by atoms with Gasteiger partial charge in [-0.25, -0.2) is 4.79 Å². The lowest BCUT2D eigenvalue weighted by Crippen LogP contribution is -2.61. The first-order valence-corrected chi connectivity index (χ1v) is 18.6. The largest absolute Gasteiger partial charge is 0.480 e. The Kier molecular flexibility index (Phi) is 17.9. The highest BCUT2D eigenvalue weighted by atomic mass is 16.4. The summed E-state index contributed by atoms with van der Waals surface area (Å²) < 4.78 is 0. The van der Waals surface area contributed by atoms with Crippen LogP contribution in [0.4, 0.5) is 0 Å². The van der Waals surface area contributed by atoms with Crippen molar-refractivity contribution in [2.24, 2.45) is 23.3 Å². The second-order valence-corrected chi connectivity index (χ2v) is 15.0. The summed E-state index contributed by atoms with van der Waals surface area (Å²) in [5.41, 5.74) is 11.5. The molecule has 8 atom stereocenters. The molecule has 2 heterocycles. The first-order chi connectivity index (χ1) is 24.4. The second kappa shape index (κ2) is 21.0. The fourth-order valence-corrected chi connectivity index (χ4v) is 6.67. The molecule has 0 spiro atoms. The van der Waals surface area contributed by atoms with Crippen LogP contribution in [-0.4, -0.2) is 129 Å². The van der Waals surface area contributed by atoms with Crippen LogP contribution in [0, 0.1) is 11.8 Å². The maximum absolute atomic E-state index is 13.9. The van der Waals surface area contributed by atoms with E-state index in [0.717, 1.165) is 0 Å². The van der Waals surface area contributed by atoms with Gasteiger partial charge in [-0.1, -0.05) is 27.7 Å². The van der Waals surface area contributed by atoms with E-state index in [1.807, 2.05) is 27.7 Å². The van der Waals surface area contributed by atoms with Gasteiger partial charge in [0.25, 0.3) is 0 Å². The molecule has 0 bridgehead atoms. The molecule has 2 rings (SSSR count). The van der Waals surface area contributed by atoms with E-state index >= 15 is 0 Å². The lowest BCUT2D eigenvalue weighted by atomic mass is 10.0. The molecule has 17 heteroatoms. The van der Waals surface area contributed by atoms with Crippen molar-refractivity contribution in [2.75, 3.05) is 19.6 Å². The first-order valence-electron chi connectivity index (χ1n) is 18.6. The minimum atomic E-state index is -1.52. The van der Waals surface area contributed by atoms with Gasteiger partial charge in [-0.3, -0.25) is 28.8 Å². The Morgan fingerprint density at radius 2 is 1.19 bits per heavy atom. The Morgan fingerprint density at radius 3 is 1.65 bits per heavy atom. The molecule has 2 fully saturated rings. The maximum Gasteiger partial charge on any atom is 0.326 e. The van der Waals surface area contributed by atoms with Gasteiger partial charge < -0.3 is 52.7 Å². The Morgan fingerprint density at radius 1 is 0.692 bits per heavy atom. The molecule has 296 valence electrons. The van der Waals surface area contributed by atoms with Gasteiger partial charge in [0.05, 0.1) is 12.1 Å². The third-order valence-electron chi connectivity index (χ3n) is 9.35. The third kappa shape index (κ3) is 13.0. The summed E-state index contributed by atoms with van der Waals surface area (Å²) >= 11 is 0. The molecule has 0 radical (unpaired) electrons. The van der Waals surface area contributed by atoms with E-state index in [2.05, 4.69) is 21.3 Å². The van der Waals surface area contributed by atoms with Gasteiger partial charge in [0.2, 0.25) is 35.4 Å². The number of rotatable bonds is 20. The molecule has 0 aromatic rings. The van der Waals surface area contributed by atoms with Gasteiger partial charge in [-0.15, -0.1) is 0 Å². The second-order valence-electron chi connectivity index (χ2n) is 15.0. The molecule has 0 aromatic heterocycles. The van der Waals surface area contributed by atoms with E-state index in [0.29, 0.717) is 51.6 Å². The molecule has 0 aliphatic carbocycles. The molecular formula is C35H62N8O9. The van der Waals surface area contributed by atoms with Gasteiger partial charge in [0.1, 0.15) is 36.3 Å². The number of hydrogen-bond donors (Lipinski definition) is 8. The molecule has 2 aliphatic heterocycles. The number of nitrogens with one attached hydrogen (secondary N) is 4. The van der Waals surface area contributed by atoms with E-state index in [4.69, 9.17) is 11.5 Å². The normalized spacial score (nSPS) is 20.8. The molecular weight excluding hydrogens is 676 g/mol. The van der Waals surface area contributed by atoms with Crippen LogP contribution in [0.25, 0.3) is 0 Å². The highest BCUT2D eigenvalue weighted by Gasteiger charge is 2.41. The van der Waals surface area contributed by atoms with Crippen LogP contribution >= 0.6 is 0 Å². The smallest absolute Gasteiger partial charge is 0.326 e. The standard InChI is InChI=1S/C35H62N8O9/c1-19(2)17-24(39-30(46)26-12-9-15-42(26)33(49)21(5)37)29(45)41-28(22(6)44)32(48)38-23(11-7-8-14-36)34(50)43-16-10-13-27(43)31(47)40-25(35(51)52)18-20(3)4/h19-28,44H,7-18,36-37H2,1-6H3,(H,38,48)(H,39,46)(H,40,47)(H,41,45)(H,51,52)/t21-,22+,23-,24-,25-,26-,27-,28-/m0/s1. The number of aliphatic carboxylic acids is 1. The third-order valence-corrected chi connectivity index (χ3v) is 9.35. The molecule has 0 aromatic carbocycles. The van der Waals surface area contributed by atoms with E-state index in [1.54, 1.807) is 0 Å². The topological polar surface area (TPSA) is 267 Å². The van der Waals surface area contributed by atoms with E-state index in [9.17, 15) is 43.8 Å². The van der Waals surface area contributed by atoms with E-state index in [1.165, 1.54) is 23.6 Å². The van der Waals surface area contributed by atoms with Crippen molar-refractivity contribution in [3.8, 4) is 0 Å². The van der Waals surface area contributed by atoms with E-state index in [-0.39, 0.29) is 43.6 Å². The zero-order valence-electron chi connectivity index (χ0n) is 31.6. The van der Waals surface area contributed by atoms with Crippen molar-refractivity contribution in [1.82, 2.24) is 31.1 Å². The Bertz CT molecular complexity index is 1260. The van der Waals surface area contributed by atoms with Crippen molar-refractivity contribution in [2.45, 2.75) is 148 Å². The Balaban J connectivity index is 2.24. The molecule has 6 amide bonds. The number of carbonyl (C=O) groups is 7. The number of nitrogens with two attached hydrogens (primary N) is 2. The fourth-order valence-electron chi connectivity index (χ4n) is 6.67. The zero-order valence-corrected chi connectivity index (χ0v) is 31.6. The molecule has 2 aliphatic rings. The number of amides is 6. The quantitative estimate of drug-likeness (QED) is 0.0698. The van der Waals surface area contributed by atoms with Crippen LogP contribution < -0.4 is 32.7 Å². The number of hydrogen-bond acceptors (Lipinski definition) is 10. The monoisotopic (exact) mass is 738 g/mol. The number of carboxylic acid groups (broad SMARTS) is 1. The summed E-state index contributed by atoms with van der Waals surface area (Å²) in [5.74, 6) is -4.88. The zero-order chi connectivity index (χ0) is 39.3. The maximum atomic E-state index is 13.9. The minimum absolute atomic E-state index is 0.00212. The Labute approximate surface area is 306 Å². The highest BCUT2D eigenvalue weighted by molar-refractivity contribution is 5.97. The average molecular weight is 739 g/mol. The van der Waals surface area contributed by atoms with Crippen LogP contribution in [0.3, 0.4) is 0 Å². The SMILES string of the molecule is CC(C)C[C@H](NC(=O)[C@@H]1CCCN1C(=O)[C@H](CCCCN)NC(=O)[C@@H](NC(=O)[C@H](CC(C)C)NC(=O)[C@@H]1CCCN1C(=O)[C@H](C)N)[C@@H](C)O)C(=O)O. The fraction of sp³-hybridized carbons (Fsp3) is 0.800. The predicted molar refractivity (Wildman–Crippen MR) is 192 cm³/mol. The predicted octanol–water partition coefficient (Wildman–Crippen LogP) is -1.06. The summed E-state index contributed by atoms with van der Waals surface area (Å²) in [6.45, 7) is 11.1. The number of aliphatic hydroxyl groups excluding tert-OH is 1. The van der Waals surface area contributed by atoms with Gasteiger partial charge in [-0.2, -0.15) is 0 Å². The summed E-state index contributed by atoms with van der Waals surface area (Å²) in [6.07, 6.45) is 1.93. The van der Waals surface area contributed by atoms with Crippen molar-refractivity contribution in [3.63, 3.8) is 0 Å². The number of likely N-dealkylation sites (tertiary alicyclic amines) is 2. The Hall–Kier alpha value is -3.83. The van der Waals surface area contributed by atoms with Gasteiger partial charge >= 0.3 is 5.97 Å². The average Bonchev–Trinajstić information content (AvgIpc) is 3.75. The highest BCUT2D eigenvalue weighted by Crippen LogP contribution is 2.22. The molecule has 17 nitrogen and oxygen atoms in total. The van der Waals surface area contributed by atoms with Crippen molar-refractivity contribution >= 4 is 41.4 Å². The number of unbranched alkanes of at least 4 members (excludes halogenated alkanes) is 1. The molecule has 10 N–H and O–H groups in total. The van der Waals surface area contributed by atoms with Crippen LogP contribution in [0.5, 0.6) is 0 Å². The van der Waals surface area contributed by atoms with Gasteiger partial charge in [-0.05, 0) is 90.0 Å². The summed E-state index contributed by atoms with van der Waals surface area (Å²) in [6, 6.07) is -7.44. The number of nitrogens with zero attached hydrogens (tertiary/aromatic N) is 2. The van der Waals surface area contributed by atoms with Crippen LogP contribution in [0.15, 0.2) is 0 Å². The number of carbonyl (C=O) groups excluding carboxylic acids is 6. The van der Waals surface area contributed by atoms with E-state index < -0.39 is 83.9 Å². The molecule has 0 saturated carbocycles. The molecule has 52 heavy (non-hydrogen) atoms. The minimum Gasteiger partial charge on any atom is -0.480 e. The van der Waals surface area contributed by atoms with Gasteiger partial charge in [0, 0.05) is 13.1 Å². The number of aliphatic hydroxyl groups is 1.